The third kappa shape index (κ3) is 3.71. The smallest absolute Gasteiger partial charge is 0.123 e. The zero-order chi connectivity index (χ0) is 12.1. The second-order valence-electron chi connectivity index (χ2n) is 4.66. The topological polar surface area (TPSA) is 21.3 Å². The van der Waals surface area contributed by atoms with Gasteiger partial charge in [0.2, 0.25) is 0 Å². The van der Waals surface area contributed by atoms with Gasteiger partial charge in [-0.05, 0) is 37.9 Å². The quantitative estimate of drug-likeness (QED) is 0.644. The second kappa shape index (κ2) is 6.41. The average Bonchev–Trinajstić information content (AvgIpc) is 2.70. The molecule has 0 amide bonds. The normalized spacial score (nSPS) is 17.9. The molecule has 0 saturated carbocycles. The number of benzene rings is 1. The molecule has 1 unspecified atom stereocenters. The summed E-state index contributed by atoms with van der Waals surface area (Å²) < 4.78 is 5.90. The van der Waals surface area contributed by atoms with E-state index < -0.39 is 0 Å². The largest absolute Gasteiger partial charge is 0.488 e. The number of hydrogen-bond acceptors (Lipinski definition) is 2. The van der Waals surface area contributed by atoms with Crippen LogP contribution in [0.25, 0.3) is 0 Å². The molecule has 2 nitrogen and oxygen atoms in total. The van der Waals surface area contributed by atoms with E-state index in [1.807, 2.05) is 0 Å². The first kappa shape index (κ1) is 12.9. The zero-order valence-corrected chi connectivity index (χ0v) is 11.9. The number of rotatable bonds is 6. The number of alkyl halides is 1. The standard InChI is InChI=1S/C14H20BrNO/c1-11-4-5-14-12(8-11)9-13(17-14)10-16-7-3-2-6-15/h4-5,8,13,16H,2-3,6-7,9-10H2,1H3. The molecule has 1 aromatic carbocycles. The highest BCUT2D eigenvalue weighted by Gasteiger charge is 2.21. The summed E-state index contributed by atoms with van der Waals surface area (Å²) in [5, 5.41) is 4.56. The van der Waals surface area contributed by atoms with Crippen molar-refractivity contribution < 1.29 is 4.74 Å². The first-order valence-electron chi connectivity index (χ1n) is 6.32. The molecule has 3 heteroatoms. The lowest BCUT2D eigenvalue weighted by Crippen LogP contribution is -2.30. The van der Waals surface area contributed by atoms with Gasteiger partial charge in [-0.3, -0.25) is 0 Å². The highest BCUT2D eigenvalue weighted by atomic mass is 79.9. The molecule has 0 aromatic heterocycles. The molecule has 0 fully saturated rings. The molecule has 1 N–H and O–H groups in total. The Hall–Kier alpha value is -0.540. The van der Waals surface area contributed by atoms with Crippen molar-refractivity contribution in [3.63, 3.8) is 0 Å². The Morgan fingerprint density at radius 2 is 2.29 bits per heavy atom. The maximum Gasteiger partial charge on any atom is 0.123 e. The van der Waals surface area contributed by atoms with Crippen molar-refractivity contribution in [2.24, 2.45) is 0 Å². The summed E-state index contributed by atoms with van der Waals surface area (Å²) in [7, 11) is 0. The molecule has 1 aliphatic heterocycles. The summed E-state index contributed by atoms with van der Waals surface area (Å²) in [6.45, 7) is 4.17. The summed E-state index contributed by atoms with van der Waals surface area (Å²) in [6, 6.07) is 6.44. The number of ether oxygens (including phenoxy) is 1. The maximum atomic E-state index is 5.90. The molecule has 17 heavy (non-hydrogen) atoms. The number of fused-ring (bicyclic) bond motifs is 1. The van der Waals surface area contributed by atoms with Crippen LogP contribution in [-0.4, -0.2) is 24.5 Å². The van der Waals surface area contributed by atoms with Gasteiger partial charge in [-0.2, -0.15) is 0 Å². The highest BCUT2D eigenvalue weighted by molar-refractivity contribution is 9.09. The Labute approximate surface area is 112 Å². The van der Waals surface area contributed by atoms with Crippen molar-refractivity contribution in [3.8, 4) is 5.75 Å². The van der Waals surface area contributed by atoms with Crippen molar-refractivity contribution in [3.05, 3.63) is 29.3 Å². The van der Waals surface area contributed by atoms with E-state index in [1.165, 1.54) is 24.0 Å². The van der Waals surface area contributed by atoms with Gasteiger partial charge in [-0.1, -0.05) is 33.6 Å². The predicted octanol–water partition coefficient (Wildman–Crippen LogP) is 3.06. The van der Waals surface area contributed by atoms with Crippen LogP contribution in [0.1, 0.15) is 24.0 Å². The third-order valence-electron chi connectivity index (χ3n) is 3.07. The lowest BCUT2D eigenvalue weighted by molar-refractivity contribution is 0.227. The van der Waals surface area contributed by atoms with Gasteiger partial charge in [0.05, 0.1) is 0 Å². The zero-order valence-electron chi connectivity index (χ0n) is 10.3. The van der Waals surface area contributed by atoms with Crippen LogP contribution in [0.3, 0.4) is 0 Å². The van der Waals surface area contributed by atoms with Gasteiger partial charge in [0.1, 0.15) is 11.9 Å². The molecule has 1 heterocycles. The summed E-state index contributed by atoms with van der Waals surface area (Å²) in [4.78, 5) is 0. The van der Waals surface area contributed by atoms with E-state index in [9.17, 15) is 0 Å². The Morgan fingerprint density at radius 1 is 1.41 bits per heavy atom. The predicted molar refractivity (Wildman–Crippen MR) is 75.2 cm³/mol. The summed E-state index contributed by atoms with van der Waals surface area (Å²) in [6.07, 6.45) is 3.82. The molecule has 0 bridgehead atoms. The number of aryl methyl sites for hydroxylation is 1. The number of nitrogens with one attached hydrogen (secondary N) is 1. The molecule has 0 aliphatic carbocycles. The van der Waals surface area contributed by atoms with Gasteiger partial charge in [0.25, 0.3) is 0 Å². The van der Waals surface area contributed by atoms with E-state index in [-0.39, 0.29) is 0 Å². The number of halogens is 1. The summed E-state index contributed by atoms with van der Waals surface area (Å²) in [5.74, 6) is 1.07. The Balaban J connectivity index is 1.73. The van der Waals surface area contributed by atoms with Crippen LogP contribution >= 0.6 is 15.9 Å². The minimum absolute atomic E-state index is 0.316. The van der Waals surface area contributed by atoms with Crippen LogP contribution < -0.4 is 10.1 Å². The molecular weight excluding hydrogens is 278 g/mol. The van der Waals surface area contributed by atoms with Crippen LogP contribution in [0.15, 0.2) is 18.2 Å². The highest BCUT2D eigenvalue weighted by Crippen LogP contribution is 2.29. The summed E-state index contributed by atoms with van der Waals surface area (Å²) >= 11 is 3.44. The molecule has 1 atom stereocenters. The van der Waals surface area contributed by atoms with Gasteiger partial charge in [0.15, 0.2) is 0 Å². The Kier molecular flexibility index (Phi) is 4.86. The lowest BCUT2D eigenvalue weighted by Gasteiger charge is -2.11. The van der Waals surface area contributed by atoms with Crippen molar-refractivity contribution >= 4 is 15.9 Å². The van der Waals surface area contributed by atoms with Crippen molar-refractivity contribution in [2.45, 2.75) is 32.3 Å². The van der Waals surface area contributed by atoms with Crippen LogP contribution in [0.4, 0.5) is 0 Å². The molecule has 1 aliphatic rings. The van der Waals surface area contributed by atoms with Crippen LogP contribution in [0, 0.1) is 6.92 Å². The second-order valence-corrected chi connectivity index (χ2v) is 5.45. The SMILES string of the molecule is Cc1ccc2c(c1)CC(CNCCCCBr)O2. The number of unbranched alkanes of at least 4 members (excludes halogenated alkanes) is 1. The fourth-order valence-corrected chi connectivity index (χ4v) is 2.57. The lowest BCUT2D eigenvalue weighted by atomic mass is 10.1. The molecule has 0 saturated heterocycles. The van der Waals surface area contributed by atoms with Gasteiger partial charge >= 0.3 is 0 Å². The van der Waals surface area contributed by atoms with Crippen molar-refractivity contribution in [1.82, 2.24) is 5.32 Å². The first-order valence-corrected chi connectivity index (χ1v) is 7.44. The van der Waals surface area contributed by atoms with Gasteiger partial charge < -0.3 is 10.1 Å². The maximum absolute atomic E-state index is 5.90. The van der Waals surface area contributed by atoms with E-state index in [2.05, 4.69) is 46.4 Å². The Bertz CT molecular complexity index is 367. The van der Waals surface area contributed by atoms with E-state index in [4.69, 9.17) is 4.74 Å². The van der Waals surface area contributed by atoms with E-state index in [0.717, 1.165) is 30.6 Å². The number of hydrogen-bond donors (Lipinski definition) is 1. The first-order chi connectivity index (χ1) is 8.29. The van der Waals surface area contributed by atoms with Crippen molar-refractivity contribution in [1.29, 1.82) is 0 Å². The molecule has 0 spiro atoms. The van der Waals surface area contributed by atoms with Crippen LogP contribution in [0.2, 0.25) is 0 Å². The molecular formula is C14H20BrNO. The average molecular weight is 298 g/mol. The molecule has 0 radical (unpaired) electrons. The Morgan fingerprint density at radius 3 is 3.12 bits per heavy atom. The van der Waals surface area contributed by atoms with Gasteiger partial charge in [-0.15, -0.1) is 0 Å². The minimum Gasteiger partial charge on any atom is -0.488 e. The van der Waals surface area contributed by atoms with E-state index in [1.54, 1.807) is 0 Å². The molecule has 1 aromatic rings. The monoisotopic (exact) mass is 297 g/mol. The summed E-state index contributed by atoms with van der Waals surface area (Å²) in [5.41, 5.74) is 2.68. The van der Waals surface area contributed by atoms with Gasteiger partial charge in [-0.25, -0.2) is 0 Å². The minimum atomic E-state index is 0.316. The molecule has 94 valence electrons. The fourth-order valence-electron chi connectivity index (χ4n) is 2.17. The third-order valence-corrected chi connectivity index (χ3v) is 3.63. The fraction of sp³-hybridized carbons (Fsp3) is 0.571. The van der Waals surface area contributed by atoms with E-state index in [0.29, 0.717) is 6.10 Å². The van der Waals surface area contributed by atoms with Crippen LogP contribution in [0.5, 0.6) is 5.75 Å². The molecule has 2 rings (SSSR count). The van der Waals surface area contributed by atoms with Crippen LogP contribution in [-0.2, 0) is 6.42 Å². The van der Waals surface area contributed by atoms with E-state index >= 15 is 0 Å². The van der Waals surface area contributed by atoms with Gasteiger partial charge in [0, 0.05) is 18.3 Å². The van der Waals surface area contributed by atoms with Crippen molar-refractivity contribution in [2.75, 3.05) is 18.4 Å².